The Morgan fingerprint density at radius 2 is 1.44 bits per heavy atom. The molecule has 0 aromatic heterocycles. The normalized spacial score (nSPS) is 10.1. The van der Waals surface area contributed by atoms with Crippen molar-refractivity contribution in [3.05, 3.63) is 71.8 Å². The van der Waals surface area contributed by atoms with E-state index < -0.39 is 11.9 Å². The average molecular weight is 368 g/mol. The number of oxime groups is 1. The van der Waals surface area contributed by atoms with Gasteiger partial charge in [0.05, 0.1) is 0 Å². The minimum atomic E-state index is -0.651. The molecule has 0 unspecified atom stereocenters. The SMILES string of the molecule is NC(=O)COC(=O)CCCCCON=C(c1ccccc1)c1ccccc1. The van der Waals surface area contributed by atoms with Crippen molar-refractivity contribution in [2.75, 3.05) is 13.2 Å². The molecule has 2 aromatic carbocycles. The van der Waals surface area contributed by atoms with Gasteiger partial charge in [0, 0.05) is 17.5 Å². The minimum absolute atomic E-state index is 0.260. The van der Waals surface area contributed by atoms with Gasteiger partial charge in [-0.3, -0.25) is 9.59 Å². The smallest absolute Gasteiger partial charge is 0.306 e. The summed E-state index contributed by atoms with van der Waals surface area (Å²) in [6.45, 7) is 0.0951. The Kier molecular flexibility index (Phi) is 8.56. The number of benzene rings is 2. The summed E-state index contributed by atoms with van der Waals surface area (Å²) in [4.78, 5) is 27.4. The van der Waals surface area contributed by atoms with E-state index in [1.807, 2.05) is 60.7 Å². The van der Waals surface area contributed by atoms with Crippen LogP contribution in [0.25, 0.3) is 0 Å². The van der Waals surface area contributed by atoms with E-state index in [-0.39, 0.29) is 13.0 Å². The van der Waals surface area contributed by atoms with Crippen LogP contribution in [0.3, 0.4) is 0 Å². The van der Waals surface area contributed by atoms with E-state index in [2.05, 4.69) is 5.16 Å². The molecule has 0 fully saturated rings. The highest BCUT2D eigenvalue weighted by Crippen LogP contribution is 2.11. The number of amides is 1. The Morgan fingerprint density at radius 3 is 2.00 bits per heavy atom. The molecular formula is C21H24N2O4. The van der Waals surface area contributed by atoms with Crippen LogP contribution >= 0.6 is 0 Å². The zero-order valence-corrected chi connectivity index (χ0v) is 15.2. The number of hydrogen-bond donors (Lipinski definition) is 1. The number of unbranched alkanes of at least 4 members (excludes halogenated alkanes) is 2. The molecule has 0 spiro atoms. The summed E-state index contributed by atoms with van der Waals surface area (Å²) in [5, 5.41) is 4.32. The molecule has 2 N–H and O–H groups in total. The predicted molar refractivity (Wildman–Crippen MR) is 103 cm³/mol. The van der Waals surface area contributed by atoms with E-state index in [0.29, 0.717) is 13.0 Å². The lowest BCUT2D eigenvalue weighted by molar-refractivity contribution is -0.147. The fraction of sp³-hybridized carbons (Fsp3) is 0.286. The van der Waals surface area contributed by atoms with Crippen LogP contribution in [0.5, 0.6) is 0 Å². The molecule has 2 rings (SSSR count). The fourth-order valence-corrected chi connectivity index (χ4v) is 2.41. The molecule has 0 aliphatic rings. The number of primary amides is 1. The number of carbonyl (C=O) groups excluding carboxylic acids is 2. The highest BCUT2D eigenvalue weighted by atomic mass is 16.6. The van der Waals surface area contributed by atoms with E-state index >= 15 is 0 Å². The van der Waals surface area contributed by atoms with E-state index in [4.69, 9.17) is 15.3 Å². The van der Waals surface area contributed by atoms with Crippen LogP contribution in [-0.4, -0.2) is 30.8 Å². The first-order valence-corrected chi connectivity index (χ1v) is 8.91. The van der Waals surface area contributed by atoms with Gasteiger partial charge in [-0.05, 0) is 19.3 Å². The van der Waals surface area contributed by atoms with Gasteiger partial charge in [-0.25, -0.2) is 0 Å². The van der Waals surface area contributed by atoms with Gasteiger partial charge in [0.15, 0.2) is 6.61 Å². The summed E-state index contributed by atoms with van der Waals surface area (Å²) in [7, 11) is 0. The highest BCUT2D eigenvalue weighted by molar-refractivity contribution is 6.12. The van der Waals surface area contributed by atoms with E-state index in [1.165, 1.54) is 0 Å². The summed E-state index contributed by atoms with van der Waals surface area (Å²) in [6, 6.07) is 19.7. The number of nitrogens with zero attached hydrogens (tertiary/aromatic N) is 1. The highest BCUT2D eigenvalue weighted by Gasteiger charge is 2.07. The third-order valence-electron chi connectivity index (χ3n) is 3.74. The maximum absolute atomic E-state index is 11.4. The van der Waals surface area contributed by atoms with Gasteiger partial charge in [-0.2, -0.15) is 0 Å². The van der Waals surface area contributed by atoms with Crippen LogP contribution in [0, 0.1) is 0 Å². The van der Waals surface area contributed by atoms with E-state index in [9.17, 15) is 9.59 Å². The number of hydrogen-bond acceptors (Lipinski definition) is 5. The molecule has 0 aliphatic heterocycles. The van der Waals surface area contributed by atoms with Crippen molar-refractivity contribution in [3.8, 4) is 0 Å². The Bertz CT molecular complexity index is 704. The molecule has 0 saturated carbocycles. The van der Waals surface area contributed by atoms with Crippen LogP contribution in [0.4, 0.5) is 0 Å². The Hall–Kier alpha value is -3.15. The fourth-order valence-electron chi connectivity index (χ4n) is 2.41. The van der Waals surface area contributed by atoms with Crippen LogP contribution < -0.4 is 5.73 Å². The first-order valence-electron chi connectivity index (χ1n) is 8.91. The average Bonchev–Trinajstić information content (AvgIpc) is 2.70. The molecule has 1 amide bonds. The first-order chi connectivity index (χ1) is 13.2. The second kappa shape index (κ2) is 11.5. The maximum atomic E-state index is 11.4. The van der Waals surface area contributed by atoms with Crippen molar-refractivity contribution >= 4 is 17.6 Å². The summed E-state index contributed by atoms with van der Waals surface area (Å²) in [5.74, 6) is -1.06. The molecule has 0 radical (unpaired) electrons. The van der Waals surface area contributed by atoms with Crippen molar-refractivity contribution in [1.29, 1.82) is 0 Å². The lowest BCUT2D eigenvalue weighted by atomic mass is 10.0. The van der Waals surface area contributed by atoms with Crippen LogP contribution in [0.2, 0.25) is 0 Å². The van der Waals surface area contributed by atoms with E-state index in [0.717, 1.165) is 29.7 Å². The molecule has 6 heteroatoms. The molecule has 2 aromatic rings. The van der Waals surface area contributed by atoms with E-state index in [1.54, 1.807) is 0 Å². The van der Waals surface area contributed by atoms with Gasteiger partial charge in [0.1, 0.15) is 12.3 Å². The lowest BCUT2D eigenvalue weighted by Gasteiger charge is -2.07. The second-order valence-corrected chi connectivity index (χ2v) is 5.94. The van der Waals surface area contributed by atoms with Crippen LogP contribution in [0.15, 0.2) is 65.8 Å². The van der Waals surface area contributed by atoms with Crippen molar-refractivity contribution in [2.24, 2.45) is 10.9 Å². The number of nitrogens with two attached hydrogens (primary N) is 1. The van der Waals surface area contributed by atoms with Gasteiger partial charge >= 0.3 is 5.97 Å². The van der Waals surface area contributed by atoms with Crippen molar-refractivity contribution < 1.29 is 19.2 Å². The molecule has 0 saturated heterocycles. The van der Waals surface area contributed by atoms with Crippen molar-refractivity contribution in [3.63, 3.8) is 0 Å². The third-order valence-corrected chi connectivity index (χ3v) is 3.74. The molecule has 27 heavy (non-hydrogen) atoms. The Labute approximate surface area is 159 Å². The van der Waals surface area contributed by atoms with Gasteiger partial charge in [-0.1, -0.05) is 65.8 Å². The summed E-state index contributed by atoms with van der Waals surface area (Å²) in [5.41, 5.74) is 7.67. The van der Waals surface area contributed by atoms with Crippen molar-refractivity contribution in [2.45, 2.75) is 25.7 Å². The molecule has 6 nitrogen and oxygen atoms in total. The first kappa shape index (κ1) is 20.2. The summed E-state index contributed by atoms with van der Waals surface area (Å²) < 4.78 is 4.69. The number of ether oxygens (including phenoxy) is 1. The Balaban J connectivity index is 1.77. The minimum Gasteiger partial charge on any atom is -0.456 e. The predicted octanol–water partition coefficient (Wildman–Crippen LogP) is 3.04. The summed E-state index contributed by atoms with van der Waals surface area (Å²) >= 11 is 0. The molecular weight excluding hydrogens is 344 g/mol. The van der Waals surface area contributed by atoms with Gasteiger partial charge in [0.2, 0.25) is 0 Å². The van der Waals surface area contributed by atoms with Gasteiger partial charge in [0.25, 0.3) is 5.91 Å². The third kappa shape index (κ3) is 7.73. The number of esters is 1. The molecule has 142 valence electrons. The molecule has 0 aliphatic carbocycles. The largest absolute Gasteiger partial charge is 0.456 e. The van der Waals surface area contributed by atoms with Crippen LogP contribution in [-0.2, 0) is 19.2 Å². The molecule has 0 heterocycles. The van der Waals surface area contributed by atoms with Gasteiger partial charge < -0.3 is 15.3 Å². The van der Waals surface area contributed by atoms with Crippen LogP contribution in [0.1, 0.15) is 36.8 Å². The number of carbonyl (C=O) groups is 2. The lowest BCUT2D eigenvalue weighted by Crippen LogP contribution is -2.20. The standard InChI is InChI=1S/C21H24N2O4/c22-19(24)16-26-20(25)14-8-3-9-15-27-23-21(17-10-4-1-5-11-17)18-12-6-2-7-13-18/h1-2,4-7,10-13H,3,8-9,14-16H2,(H2,22,24). The quantitative estimate of drug-likeness (QED) is 0.286. The zero-order valence-electron chi connectivity index (χ0n) is 15.2. The maximum Gasteiger partial charge on any atom is 0.306 e. The topological polar surface area (TPSA) is 91.0 Å². The second-order valence-electron chi connectivity index (χ2n) is 5.94. The molecule has 0 atom stereocenters. The monoisotopic (exact) mass is 368 g/mol. The molecule has 0 bridgehead atoms. The summed E-state index contributed by atoms with van der Waals surface area (Å²) in [6.07, 6.45) is 2.49. The Morgan fingerprint density at radius 1 is 0.852 bits per heavy atom. The number of rotatable bonds is 11. The van der Waals surface area contributed by atoms with Crippen molar-refractivity contribution in [1.82, 2.24) is 0 Å². The zero-order chi connectivity index (χ0) is 19.3. The van der Waals surface area contributed by atoms with Gasteiger partial charge in [-0.15, -0.1) is 0 Å².